The van der Waals surface area contributed by atoms with E-state index < -0.39 is 0 Å². The Hall–Kier alpha value is -1.73. The van der Waals surface area contributed by atoms with Crippen molar-refractivity contribution in [2.75, 3.05) is 0 Å². The standard InChI is InChI=1S/C19H19N2.Zn/c1-12-10-20-18(14(12)3)17(16-8-6-5-7-9-16)19-15(4)13(2)11-21-19;/h5-11H,1-4H3;/q-1;/b18-17-;. The van der Waals surface area contributed by atoms with E-state index in [1.807, 2.05) is 18.5 Å². The van der Waals surface area contributed by atoms with Crippen LogP contribution in [0.15, 0.2) is 58.4 Å². The molecule has 22 heavy (non-hydrogen) atoms. The van der Waals surface area contributed by atoms with Crippen molar-refractivity contribution in [3.05, 3.63) is 75.8 Å². The molecule has 1 aromatic carbocycles. The summed E-state index contributed by atoms with van der Waals surface area (Å²) in [5, 5.41) is 0. The summed E-state index contributed by atoms with van der Waals surface area (Å²) >= 11 is 0. The van der Waals surface area contributed by atoms with Crippen molar-refractivity contribution >= 4 is 11.8 Å². The number of hydrogen-bond acceptors (Lipinski definition) is 1. The molecule has 0 N–H and O–H groups in total. The molecule has 3 heteroatoms. The van der Waals surface area contributed by atoms with Crippen LogP contribution in [0.2, 0.25) is 0 Å². The third-order valence-corrected chi connectivity index (χ3v) is 4.20. The average Bonchev–Trinajstić information content (AvgIpc) is 2.99. The minimum atomic E-state index is 0. The van der Waals surface area contributed by atoms with Crippen LogP contribution in [-0.4, -0.2) is 6.21 Å². The second-order valence-corrected chi connectivity index (χ2v) is 5.57. The largest absolute Gasteiger partial charge is 0.663 e. The van der Waals surface area contributed by atoms with Crippen molar-refractivity contribution in [3.63, 3.8) is 0 Å². The first kappa shape index (κ1) is 16.6. The number of rotatable bonds is 2. The molecule has 0 radical (unpaired) electrons. The number of hydrogen-bond donors (Lipinski definition) is 0. The summed E-state index contributed by atoms with van der Waals surface area (Å²) in [6.07, 6.45) is 3.89. The maximum atomic E-state index is 4.64. The molecule has 108 valence electrons. The molecule has 2 heterocycles. The molecule has 0 saturated heterocycles. The number of aryl methyl sites for hydroxylation is 1. The fourth-order valence-corrected chi connectivity index (χ4v) is 2.58. The Morgan fingerprint density at radius 2 is 1.68 bits per heavy atom. The molecule has 0 saturated carbocycles. The number of aromatic nitrogens is 1. The van der Waals surface area contributed by atoms with Gasteiger partial charge in [0.05, 0.1) is 5.70 Å². The Morgan fingerprint density at radius 3 is 2.18 bits per heavy atom. The summed E-state index contributed by atoms with van der Waals surface area (Å²) in [6.45, 7) is 8.47. The first-order valence-corrected chi connectivity index (χ1v) is 7.20. The van der Waals surface area contributed by atoms with E-state index in [2.05, 4.69) is 61.9 Å². The first-order valence-electron chi connectivity index (χ1n) is 7.20. The fourth-order valence-electron chi connectivity index (χ4n) is 2.58. The SMILES string of the molecule is CC1=C(C)/C(=C(\c2ccccc2)c2[n-]cc(C)c2C)N=C1.[Zn]. The van der Waals surface area contributed by atoms with E-state index in [0.29, 0.717) is 0 Å². The van der Waals surface area contributed by atoms with Crippen molar-refractivity contribution < 1.29 is 19.5 Å². The van der Waals surface area contributed by atoms with Crippen LogP contribution in [0.5, 0.6) is 0 Å². The van der Waals surface area contributed by atoms with Gasteiger partial charge in [-0.2, -0.15) is 6.20 Å². The maximum Gasteiger partial charge on any atom is 0.0728 e. The van der Waals surface area contributed by atoms with Gasteiger partial charge < -0.3 is 4.98 Å². The number of nitrogens with zero attached hydrogens (tertiary/aromatic N) is 2. The summed E-state index contributed by atoms with van der Waals surface area (Å²) in [4.78, 5) is 9.28. The van der Waals surface area contributed by atoms with Gasteiger partial charge in [0.25, 0.3) is 0 Å². The third kappa shape index (κ3) is 2.78. The molecule has 1 aliphatic heterocycles. The van der Waals surface area contributed by atoms with E-state index in [1.54, 1.807) is 0 Å². The van der Waals surface area contributed by atoms with Gasteiger partial charge in [-0.3, -0.25) is 4.99 Å². The Kier molecular flexibility index (Phi) is 4.98. The van der Waals surface area contributed by atoms with Crippen molar-refractivity contribution in [1.82, 2.24) is 4.98 Å². The zero-order valence-corrected chi connectivity index (χ0v) is 16.6. The summed E-state index contributed by atoms with van der Waals surface area (Å²) < 4.78 is 0. The Labute approximate surface area is 144 Å². The molecule has 1 aliphatic rings. The van der Waals surface area contributed by atoms with Crippen LogP contribution < -0.4 is 4.98 Å². The van der Waals surface area contributed by atoms with Crippen molar-refractivity contribution in [2.24, 2.45) is 4.99 Å². The fraction of sp³-hybridized carbons (Fsp3) is 0.211. The molecule has 0 bridgehead atoms. The minimum Gasteiger partial charge on any atom is -0.663 e. The van der Waals surface area contributed by atoms with Crippen LogP contribution >= 0.6 is 0 Å². The molecular weight excluding hydrogens is 322 g/mol. The topological polar surface area (TPSA) is 26.5 Å². The van der Waals surface area contributed by atoms with E-state index in [0.717, 1.165) is 17.0 Å². The molecule has 0 unspecified atom stereocenters. The predicted octanol–water partition coefficient (Wildman–Crippen LogP) is 4.44. The van der Waals surface area contributed by atoms with E-state index in [1.165, 1.54) is 27.8 Å². The smallest absolute Gasteiger partial charge is 0.0728 e. The quantitative estimate of drug-likeness (QED) is 0.742. The van der Waals surface area contributed by atoms with Crippen LogP contribution in [0.25, 0.3) is 5.57 Å². The second kappa shape index (κ2) is 6.58. The van der Waals surface area contributed by atoms with E-state index >= 15 is 0 Å². The molecule has 2 nitrogen and oxygen atoms in total. The van der Waals surface area contributed by atoms with Gasteiger partial charge in [0, 0.05) is 25.7 Å². The molecule has 2 aromatic rings. The van der Waals surface area contributed by atoms with Crippen LogP contribution in [0.4, 0.5) is 0 Å². The van der Waals surface area contributed by atoms with Crippen molar-refractivity contribution in [1.29, 1.82) is 0 Å². The molecule has 0 atom stereocenters. The predicted molar refractivity (Wildman–Crippen MR) is 88.6 cm³/mol. The van der Waals surface area contributed by atoms with Gasteiger partial charge in [0.1, 0.15) is 0 Å². The normalized spacial score (nSPS) is 16.0. The average molecular weight is 341 g/mol. The zero-order chi connectivity index (χ0) is 15.0. The number of aliphatic imine (C=N–C) groups is 1. The Morgan fingerprint density at radius 1 is 1.00 bits per heavy atom. The number of benzene rings is 1. The van der Waals surface area contributed by atoms with Gasteiger partial charge in [-0.15, -0.1) is 5.69 Å². The van der Waals surface area contributed by atoms with Crippen molar-refractivity contribution in [2.45, 2.75) is 27.7 Å². The van der Waals surface area contributed by atoms with Gasteiger partial charge in [0.15, 0.2) is 0 Å². The van der Waals surface area contributed by atoms with E-state index in [4.69, 9.17) is 0 Å². The van der Waals surface area contributed by atoms with Gasteiger partial charge in [-0.25, -0.2) is 0 Å². The van der Waals surface area contributed by atoms with Gasteiger partial charge in [-0.1, -0.05) is 41.5 Å². The van der Waals surface area contributed by atoms with E-state index in [9.17, 15) is 0 Å². The van der Waals surface area contributed by atoms with Crippen LogP contribution in [0, 0.1) is 13.8 Å². The summed E-state index contributed by atoms with van der Waals surface area (Å²) in [5.74, 6) is 0. The van der Waals surface area contributed by atoms with Crippen LogP contribution in [0.3, 0.4) is 0 Å². The van der Waals surface area contributed by atoms with Gasteiger partial charge in [-0.05, 0) is 50.0 Å². The monoisotopic (exact) mass is 339 g/mol. The minimum absolute atomic E-state index is 0. The molecule has 0 amide bonds. The molecule has 0 aliphatic carbocycles. The van der Waals surface area contributed by atoms with Crippen molar-refractivity contribution in [3.8, 4) is 0 Å². The molecule has 0 spiro atoms. The molecule has 0 fully saturated rings. The summed E-state index contributed by atoms with van der Waals surface area (Å²) in [7, 11) is 0. The maximum absolute atomic E-state index is 4.64. The summed E-state index contributed by atoms with van der Waals surface area (Å²) in [6, 6.07) is 10.4. The third-order valence-electron chi connectivity index (χ3n) is 4.20. The van der Waals surface area contributed by atoms with E-state index in [-0.39, 0.29) is 19.5 Å². The van der Waals surface area contributed by atoms with Gasteiger partial charge in [0.2, 0.25) is 0 Å². The molecule has 1 aromatic heterocycles. The Bertz CT molecular complexity index is 777. The van der Waals surface area contributed by atoms with Crippen LogP contribution in [0.1, 0.15) is 36.2 Å². The Balaban J connectivity index is 0.00000176. The van der Waals surface area contributed by atoms with Crippen LogP contribution in [-0.2, 0) is 19.5 Å². The summed E-state index contributed by atoms with van der Waals surface area (Å²) in [5.41, 5.74) is 9.29. The second-order valence-electron chi connectivity index (χ2n) is 5.57. The zero-order valence-electron chi connectivity index (χ0n) is 13.6. The number of allylic oxidation sites excluding steroid dienone is 2. The molecule has 3 rings (SSSR count). The first-order chi connectivity index (χ1) is 10.1. The van der Waals surface area contributed by atoms with Gasteiger partial charge >= 0.3 is 0 Å². The molecular formula is C19H19N2Zn-.